The highest BCUT2D eigenvalue weighted by Crippen LogP contribution is 2.13. The lowest BCUT2D eigenvalue weighted by molar-refractivity contribution is 0.0772. The minimum atomic E-state index is -0.464. The molecule has 2 amide bonds. The molecule has 0 aliphatic heterocycles. The highest BCUT2D eigenvalue weighted by Gasteiger charge is 2.14. The van der Waals surface area contributed by atoms with Gasteiger partial charge in [-0.05, 0) is 38.1 Å². The average molecular weight is 372 g/mol. The number of nitrogens with one attached hydrogen (secondary N) is 1. The number of carbonyl (C=O) groups excluding carboxylic acids is 2. The minimum absolute atomic E-state index is 0.0951. The standard InChI is InChI=1S/C19H24N4O4/c1-4-22(5-2)19(26)14-7-6-8-15(13-14)20-18(25)16-9-10-17(24)23(21-16)11-12-27-3/h6-10,13H,4-5,11-12H2,1-3H3,(H,20,25). The van der Waals surface area contributed by atoms with Crippen LogP contribution in [0.4, 0.5) is 5.69 Å². The molecular weight excluding hydrogens is 348 g/mol. The van der Waals surface area contributed by atoms with E-state index in [9.17, 15) is 14.4 Å². The van der Waals surface area contributed by atoms with Gasteiger partial charge >= 0.3 is 0 Å². The van der Waals surface area contributed by atoms with Crippen LogP contribution < -0.4 is 10.9 Å². The molecule has 2 aromatic rings. The molecule has 0 saturated carbocycles. The Hall–Kier alpha value is -3.00. The van der Waals surface area contributed by atoms with E-state index in [0.29, 0.717) is 30.9 Å². The van der Waals surface area contributed by atoms with Crippen molar-refractivity contribution in [2.45, 2.75) is 20.4 Å². The number of ether oxygens (including phenoxy) is 1. The molecule has 27 heavy (non-hydrogen) atoms. The van der Waals surface area contributed by atoms with Crippen LogP contribution in [-0.2, 0) is 11.3 Å². The summed E-state index contributed by atoms with van der Waals surface area (Å²) in [6.45, 7) is 5.62. The summed E-state index contributed by atoms with van der Waals surface area (Å²) in [6, 6.07) is 9.39. The Bertz CT molecular complexity index is 859. The molecule has 8 heteroatoms. The van der Waals surface area contributed by atoms with Crippen molar-refractivity contribution in [2.24, 2.45) is 0 Å². The van der Waals surface area contributed by atoms with Crippen LogP contribution in [0.15, 0.2) is 41.2 Å². The number of nitrogens with zero attached hydrogens (tertiary/aromatic N) is 3. The summed E-state index contributed by atoms with van der Waals surface area (Å²) >= 11 is 0. The zero-order valence-electron chi connectivity index (χ0n) is 15.8. The van der Waals surface area contributed by atoms with E-state index in [1.807, 2.05) is 13.8 Å². The van der Waals surface area contributed by atoms with Crippen LogP contribution in [0.1, 0.15) is 34.7 Å². The van der Waals surface area contributed by atoms with Crippen LogP contribution in [0.25, 0.3) is 0 Å². The SMILES string of the molecule is CCN(CC)C(=O)c1cccc(NC(=O)c2ccc(=O)n(CCOC)n2)c1. The maximum absolute atomic E-state index is 12.5. The highest BCUT2D eigenvalue weighted by atomic mass is 16.5. The molecule has 0 atom stereocenters. The van der Waals surface area contributed by atoms with E-state index in [-0.39, 0.29) is 23.7 Å². The number of amides is 2. The largest absolute Gasteiger partial charge is 0.383 e. The van der Waals surface area contributed by atoms with Crippen molar-refractivity contribution in [1.29, 1.82) is 0 Å². The number of anilines is 1. The fraction of sp³-hybridized carbons (Fsp3) is 0.368. The summed E-state index contributed by atoms with van der Waals surface area (Å²) in [5, 5.41) is 6.77. The molecule has 0 spiro atoms. The number of hydrogen-bond donors (Lipinski definition) is 1. The zero-order valence-corrected chi connectivity index (χ0v) is 15.8. The van der Waals surface area contributed by atoms with Gasteiger partial charge in [0.15, 0.2) is 0 Å². The summed E-state index contributed by atoms with van der Waals surface area (Å²) in [7, 11) is 1.52. The van der Waals surface area contributed by atoms with Gasteiger partial charge in [-0.3, -0.25) is 14.4 Å². The predicted octanol–water partition coefficient (Wildman–Crippen LogP) is 1.62. The number of benzene rings is 1. The first kappa shape index (κ1) is 20.3. The van der Waals surface area contributed by atoms with Crippen LogP contribution in [0.3, 0.4) is 0 Å². The molecule has 1 heterocycles. The van der Waals surface area contributed by atoms with Crippen molar-refractivity contribution >= 4 is 17.5 Å². The van der Waals surface area contributed by atoms with Crippen molar-refractivity contribution in [1.82, 2.24) is 14.7 Å². The Kier molecular flexibility index (Phi) is 7.25. The van der Waals surface area contributed by atoms with E-state index < -0.39 is 5.91 Å². The minimum Gasteiger partial charge on any atom is -0.383 e. The van der Waals surface area contributed by atoms with Crippen molar-refractivity contribution < 1.29 is 14.3 Å². The van der Waals surface area contributed by atoms with E-state index in [0.717, 1.165) is 0 Å². The molecule has 1 N–H and O–H groups in total. The fourth-order valence-corrected chi connectivity index (χ4v) is 2.53. The Morgan fingerprint density at radius 3 is 2.59 bits per heavy atom. The first-order valence-corrected chi connectivity index (χ1v) is 8.78. The Balaban J connectivity index is 2.17. The second kappa shape index (κ2) is 9.63. The maximum atomic E-state index is 12.5. The van der Waals surface area contributed by atoms with Crippen molar-refractivity contribution in [3.8, 4) is 0 Å². The highest BCUT2D eigenvalue weighted by molar-refractivity contribution is 6.03. The van der Waals surface area contributed by atoms with Gasteiger partial charge in [-0.1, -0.05) is 6.07 Å². The first-order chi connectivity index (χ1) is 13.0. The fourth-order valence-electron chi connectivity index (χ4n) is 2.53. The summed E-state index contributed by atoms with van der Waals surface area (Å²) in [5.41, 5.74) is 0.769. The van der Waals surface area contributed by atoms with E-state index >= 15 is 0 Å². The van der Waals surface area contributed by atoms with E-state index in [2.05, 4.69) is 10.4 Å². The Morgan fingerprint density at radius 1 is 1.19 bits per heavy atom. The quantitative estimate of drug-likeness (QED) is 0.760. The number of rotatable bonds is 8. The predicted molar refractivity (Wildman–Crippen MR) is 102 cm³/mol. The number of carbonyl (C=O) groups is 2. The third kappa shape index (κ3) is 5.24. The molecule has 144 valence electrons. The topological polar surface area (TPSA) is 93.5 Å². The second-order valence-corrected chi connectivity index (χ2v) is 5.79. The van der Waals surface area contributed by atoms with Gasteiger partial charge in [0.05, 0.1) is 13.2 Å². The van der Waals surface area contributed by atoms with Crippen molar-refractivity contribution in [3.63, 3.8) is 0 Å². The molecule has 0 radical (unpaired) electrons. The summed E-state index contributed by atoms with van der Waals surface area (Å²) in [5.74, 6) is -0.559. The summed E-state index contributed by atoms with van der Waals surface area (Å²) in [6.07, 6.45) is 0. The van der Waals surface area contributed by atoms with Gasteiger partial charge in [-0.15, -0.1) is 0 Å². The lowest BCUT2D eigenvalue weighted by Crippen LogP contribution is -2.30. The van der Waals surface area contributed by atoms with Crippen LogP contribution in [0.2, 0.25) is 0 Å². The zero-order chi connectivity index (χ0) is 19.8. The van der Waals surface area contributed by atoms with E-state index in [4.69, 9.17) is 4.74 Å². The third-order valence-corrected chi connectivity index (χ3v) is 4.02. The van der Waals surface area contributed by atoms with Crippen molar-refractivity contribution in [3.05, 3.63) is 58.0 Å². The molecule has 2 rings (SSSR count). The molecule has 0 saturated heterocycles. The number of methoxy groups -OCH3 is 1. The molecule has 1 aromatic carbocycles. The van der Waals surface area contributed by atoms with Crippen LogP contribution in [-0.4, -0.2) is 53.3 Å². The molecule has 0 aliphatic rings. The number of hydrogen-bond acceptors (Lipinski definition) is 5. The van der Waals surface area contributed by atoms with Gasteiger partial charge in [0.2, 0.25) is 0 Å². The first-order valence-electron chi connectivity index (χ1n) is 8.78. The third-order valence-electron chi connectivity index (χ3n) is 4.02. The normalized spacial score (nSPS) is 10.5. The van der Waals surface area contributed by atoms with Gasteiger partial charge in [-0.2, -0.15) is 5.10 Å². The van der Waals surface area contributed by atoms with E-state index in [1.54, 1.807) is 29.2 Å². The lowest BCUT2D eigenvalue weighted by Gasteiger charge is -2.19. The molecule has 1 aromatic heterocycles. The maximum Gasteiger partial charge on any atom is 0.276 e. The molecule has 0 aliphatic carbocycles. The monoisotopic (exact) mass is 372 g/mol. The van der Waals surface area contributed by atoms with E-state index in [1.165, 1.54) is 23.9 Å². The molecule has 0 fully saturated rings. The smallest absolute Gasteiger partial charge is 0.276 e. The van der Waals surface area contributed by atoms with Crippen LogP contribution in [0.5, 0.6) is 0 Å². The van der Waals surface area contributed by atoms with Gasteiger partial charge in [0, 0.05) is 37.5 Å². The van der Waals surface area contributed by atoms with Gasteiger partial charge in [-0.25, -0.2) is 4.68 Å². The average Bonchev–Trinajstić information content (AvgIpc) is 2.68. The van der Waals surface area contributed by atoms with Crippen LogP contribution >= 0.6 is 0 Å². The summed E-state index contributed by atoms with van der Waals surface area (Å²) in [4.78, 5) is 38.4. The molecular formula is C19H24N4O4. The Labute approximate surface area is 157 Å². The molecule has 8 nitrogen and oxygen atoms in total. The number of aromatic nitrogens is 2. The summed E-state index contributed by atoms with van der Waals surface area (Å²) < 4.78 is 6.11. The van der Waals surface area contributed by atoms with Gasteiger partial charge in [0.1, 0.15) is 5.69 Å². The Morgan fingerprint density at radius 2 is 1.93 bits per heavy atom. The van der Waals surface area contributed by atoms with Crippen molar-refractivity contribution in [2.75, 3.05) is 32.1 Å². The van der Waals surface area contributed by atoms with Gasteiger partial charge < -0.3 is 15.0 Å². The molecule has 0 bridgehead atoms. The van der Waals surface area contributed by atoms with Crippen LogP contribution in [0, 0.1) is 0 Å². The van der Waals surface area contributed by atoms with Gasteiger partial charge in [0.25, 0.3) is 17.4 Å². The second-order valence-electron chi connectivity index (χ2n) is 5.79. The molecule has 0 unspecified atom stereocenters. The lowest BCUT2D eigenvalue weighted by atomic mass is 10.1.